The normalized spacial score (nSPS) is 11.6. The third-order valence-corrected chi connectivity index (χ3v) is 6.35. The van der Waals surface area contributed by atoms with Crippen molar-refractivity contribution in [3.8, 4) is 5.75 Å². The molecule has 3 rings (SSSR count). The second-order valence-corrected chi connectivity index (χ2v) is 8.93. The van der Waals surface area contributed by atoms with E-state index in [-0.39, 0.29) is 22.2 Å². The summed E-state index contributed by atoms with van der Waals surface area (Å²) >= 11 is 13.3. The van der Waals surface area contributed by atoms with E-state index in [0.717, 1.165) is 17.3 Å². The van der Waals surface area contributed by atoms with Crippen LogP contribution in [-0.4, -0.2) is 31.3 Å². The first kappa shape index (κ1) is 25.5. The summed E-state index contributed by atoms with van der Waals surface area (Å²) in [6.45, 7) is 7.92. The number of carbonyl (C=O) groups is 1. The minimum atomic E-state index is -0.561. The topological polar surface area (TPSA) is 112 Å². The Morgan fingerprint density at radius 2 is 2.03 bits per heavy atom. The van der Waals surface area contributed by atoms with Gasteiger partial charge in [-0.2, -0.15) is 0 Å². The lowest BCUT2D eigenvalue weighted by Crippen LogP contribution is -2.16. The monoisotopic (exact) mass is 521 g/mol. The number of hydrogen-bond acceptors (Lipinski definition) is 7. The van der Waals surface area contributed by atoms with Crippen molar-refractivity contribution >= 4 is 52.2 Å². The summed E-state index contributed by atoms with van der Waals surface area (Å²) in [4.78, 5) is 22.9. The number of halogens is 2. The second-order valence-electron chi connectivity index (χ2n) is 7.17. The Morgan fingerprint density at radius 3 is 2.71 bits per heavy atom. The zero-order valence-electron chi connectivity index (χ0n) is 18.3. The third-order valence-electron chi connectivity index (χ3n) is 4.63. The van der Waals surface area contributed by atoms with E-state index in [1.807, 2.05) is 19.9 Å². The van der Waals surface area contributed by atoms with Gasteiger partial charge in [0.1, 0.15) is 5.75 Å². The van der Waals surface area contributed by atoms with E-state index in [1.165, 1.54) is 18.2 Å². The highest BCUT2D eigenvalue weighted by Crippen LogP contribution is 2.29. The van der Waals surface area contributed by atoms with Gasteiger partial charge in [-0.15, -0.1) is 16.8 Å². The molecule has 1 aromatic heterocycles. The number of non-ortho nitro benzene ring substituents is 1. The number of nitrogens with zero attached hydrogens (tertiary/aromatic N) is 4. The van der Waals surface area contributed by atoms with Gasteiger partial charge in [0, 0.05) is 23.7 Å². The van der Waals surface area contributed by atoms with Gasteiger partial charge >= 0.3 is 0 Å². The minimum absolute atomic E-state index is 0.0140. The molecule has 9 nitrogen and oxygen atoms in total. The maximum Gasteiger partial charge on any atom is 0.271 e. The van der Waals surface area contributed by atoms with Crippen LogP contribution in [-0.2, 0) is 11.3 Å². The Labute approximate surface area is 210 Å². The van der Waals surface area contributed by atoms with Crippen LogP contribution >= 0.6 is 35.0 Å². The van der Waals surface area contributed by atoms with Crippen molar-refractivity contribution in [2.75, 3.05) is 11.1 Å². The number of amides is 1. The van der Waals surface area contributed by atoms with E-state index in [9.17, 15) is 14.9 Å². The molecule has 34 heavy (non-hydrogen) atoms. The molecule has 2 aromatic carbocycles. The van der Waals surface area contributed by atoms with Crippen molar-refractivity contribution in [3.63, 3.8) is 0 Å². The number of carbonyl (C=O) groups excluding carboxylic acids is 1. The van der Waals surface area contributed by atoms with Gasteiger partial charge in [-0.1, -0.05) is 41.0 Å². The first-order valence-electron chi connectivity index (χ1n) is 10.0. The zero-order chi connectivity index (χ0) is 24.8. The number of nitro benzene ring substituents is 1. The SMILES string of the molecule is C=CCn1c(SCC(=O)Nc2cc([N+](=O)[O-])ccc2Cl)nnc1C(C)Oc1ccc(Cl)c(C)c1. The van der Waals surface area contributed by atoms with Gasteiger partial charge in [-0.25, -0.2) is 0 Å². The number of nitrogens with one attached hydrogen (secondary N) is 1. The van der Waals surface area contributed by atoms with E-state index in [4.69, 9.17) is 27.9 Å². The lowest BCUT2D eigenvalue weighted by Gasteiger charge is -2.16. The van der Waals surface area contributed by atoms with Gasteiger partial charge in [0.2, 0.25) is 5.91 Å². The molecule has 3 aromatic rings. The minimum Gasteiger partial charge on any atom is -0.483 e. The van der Waals surface area contributed by atoms with Gasteiger partial charge in [0.25, 0.3) is 5.69 Å². The summed E-state index contributed by atoms with van der Waals surface area (Å²) in [5.41, 5.74) is 0.882. The van der Waals surface area contributed by atoms with Gasteiger partial charge < -0.3 is 10.1 Å². The Hall–Kier alpha value is -3.08. The van der Waals surface area contributed by atoms with Crippen LogP contribution in [0.1, 0.15) is 24.4 Å². The first-order chi connectivity index (χ1) is 16.2. The molecule has 1 unspecified atom stereocenters. The van der Waals surface area contributed by atoms with E-state index < -0.39 is 16.9 Å². The number of thioether (sulfide) groups is 1. The van der Waals surface area contributed by atoms with E-state index in [0.29, 0.717) is 28.3 Å². The lowest BCUT2D eigenvalue weighted by molar-refractivity contribution is -0.384. The summed E-state index contributed by atoms with van der Waals surface area (Å²) in [5.74, 6) is 0.796. The van der Waals surface area contributed by atoms with Crippen LogP contribution in [0.2, 0.25) is 10.0 Å². The molecule has 0 aliphatic rings. The standard InChI is InChI=1S/C22H21Cl2N5O4S/c1-4-9-28-21(14(3)33-16-6-8-17(23)13(2)10-16)26-27-22(28)34-12-20(30)25-19-11-15(29(31)32)5-7-18(19)24/h4-8,10-11,14H,1,9,12H2,2-3H3,(H,25,30). The van der Waals surface area contributed by atoms with Crippen molar-refractivity contribution in [1.82, 2.24) is 14.8 Å². The summed E-state index contributed by atoms with van der Waals surface area (Å²) in [5, 5.41) is 23.3. The maximum absolute atomic E-state index is 12.5. The lowest BCUT2D eigenvalue weighted by atomic mass is 10.2. The third kappa shape index (κ3) is 6.28. The highest BCUT2D eigenvalue weighted by atomic mass is 35.5. The summed E-state index contributed by atoms with van der Waals surface area (Å²) < 4.78 is 7.81. The molecule has 0 saturated heterocycles. The van der Waals surface area contributed by atoms with Crippen LogP contribution in [0, 0.1) is 17.0 Å². The molecule has 0 spiro atoms. The van der Waals surface area contributed by atoms with Crippen molar-refractivity contribution in [2.24, 2.45) is 0 Å². The Balaban J connectivity index is 1.70. The van der Waals surface area contributed by atoms with Crippen molar-refractivity contribution in [3.05, 3.63) is 80.6 Å². The van der Waals surface area contributed by atoms with Crippen LogP contribution < -0.4 is 10.1 Å². The molecular weight excluding hydrogens is 501 g/mol. The predicted octanol–water partition coefficient (Wildman–Crippen LogP) is 5.86. The van der Waals surface area contributed by atoms with Crippen molar-refractivity contribution in [2.45, 2.75) is 31.7 Å². The number of anilines is 1. The summed E-state index contributed by atoms with van der Waals surface area (Å²) in [6.07, 6.45) is 1.26. The molecule has 1 heterocycles. The molecule has 1 N–H and O–H groups in total. The quantitative estimate of drug-likeness (QED) is 0.154. The van der Waals surface area contributed by atoms with Crippen molar-refractivity contribution in [1.29, 1.82) is 0 Å². The van der Waals surface area contributed by atoms with E-state index in [2.05, 4.69) is 22.1 Å². The fraction of sp³-hybridized carbons (Fsp3) is 0.227. The highest BCUT2D eigenvalue weighted by molar-refractivity contribution is 7.99. The molecule has 1 amide bonds. The van der Waals surface area contributed by atoms with E-state index in [1.54, 1.807) is 22.8 Å². The fourth-order valence-electron chi connectivity index (χ4n) is 2.99. The predicted molar refractivity (Wildman–Crippen MR) is 133 cm³/mol. The molecule has 0 fully saturated rings. The number of aromatic nitrogens is 3. The molecule has 0 aliphatic carbocycles. The largest absolute Gasteiger partial charge is 0.483 e. The summed E-state index contributed by atoms with van der Waals surface area (Å²) in [7, 11) is 0. The van der Waals surface area contributed by atoms with E-state index >= 15 is 0 Å². The van der Waals surface area contributed by atoms with Crippen LogP contribution in [0.3, 0.4) is 0 Å². The van der Waals surface area contributed by atoms with Gasteiger partial charge in [0.05, 0.1) is 21.4 Å². The van der Waals surface area contributed by atoms with Crippen LogP contribution in [0.15, 0.2) is 54.2 Å². The number of rotatable bonds is 10. The maximum atomic E-state index is 12.5. The Morgan fingerprint density at radius 1 is 1.29 bits per heavy atom. The molecule has 1 atom stereocenters. The Kier molecular flexibility index (Phi) is 8.54. The zero-order valence-corrected chi connectivity index (χ0v) is 20.7. The van der Waals surface area contributed by atoms with Gasteiger partial charge in [-0.3, -0.25) is 19.5 Å². The molecule has 178 valence electrons. The molecule has 0 aliphatic heterocycles. The Bertz CT molecular complexity index is 1230. The number of nitro groups is 1. The average Bonchev–Trinajstić information content (AvgIpc) is 3.19. The highest BCUT2D eigenvalue weighted by Gasteiger charge is 2.20. The fourth-order valence-corrected chi connectivity index (χ4v) is 4.03. The first-order valence-corrected chi connectivity index (χ1v) is 11.8. The number of hydrogen-bond donors (Lipinski definition) is 1. The number of allylic oxidation sites excluding steroid dienone is 1. The van der Waals surface area contributed by atoms with Crippen LogP contribution in [0.5, 0.6) is 5.75 Å². The van der Waals surface area contributed by atoms with Gasteiger partial charge in [0.15, 0.2) is 17.1 Å². The smallest absolute Gasteiger partial charge is 0.271 e. The van der Waals surface area contributed by atoms with Gasteiger partial charge in [-0.05, 0) is 43.7 Å². The molecule has 12 heteroatoms. The number of benzene rings is 2. The van der Waals surface area contributed by atoms with Crippen LogP contribution in [0.25, 0.3) is 0 Å². The molecular formula is C22H21Cl2N5O4S. The summed E-state index contributed by atoms with van der Waals surface area (Å²) in [6, 6.07) is 9.21. The number of ether oxygens (including phenoxy) is 1. The molecule has 0 bridgehead atoms. The van der Waals surface area contributed by atoms with Crippen molar-refractivity contribution < 1.29 is 14.5 Å². The average molecular weight is 522 g/mol. The van der Waals surface area contributed by atoms with Crippen LogP contribution in [0.4, 0.5) is 11.4 Å². The second kappa shape index (κ2) is 11.4. The molecule has 0 saturated carbocycles. The number of aryl methyl sites for hydroxylation is 1. The molecule has 0 radical (unpaired) electrons.